The van der Waals surface area contributed by atoms with Gasteiger partial charge in [0, 0.05) is 12.3 Å². The molecule has 1 aliphatic carbocycles. The molecule has 5 atom stereocenters. The molecule has 0 radical (unpaired) electrons. The Bertz CT molecular complexity index is 480. The molecule has 1 saturated heterocycles. The number of hydrogen-bond donors (Lipinski definition) is 2. The quantitative estimate of drug-likeness (QED) is 0.501. The zero-order chi connectivity index (χ0) is 17.4. The van der Waals surface area contributed by atoms with Gasteiger partial charge in [-0.3, -0.25) is 4.79 Å². The van der Waals surface area contributed by atoms with E-state index >= 15 is 0 Å². The summed E-state index contributed by atoms with van der Waals surface area (Å²) in [6, 6.07) is 0. The van der Waals surface area contributed by atoms with Crippen LogP contribution in [0.4, 0.5) is 0 Å². The Morgan fingerprint density at radius 2 is 2.00 bits per heavy atom. The zero-order valence-electron chi connectivity index (χ0n) is 14.5. The number of aliphatic hydroxyl groups excluding tert-OH is 2. The van der Waals surface area contributed by atoms with Crippen LogP contribution in [0.2, 0.25) is 0 Å². The predicted molar refractivity (Wildman–Crippen MR) is 94.3 cm³/mol. The van der Waals surface area contributed by atoms with E-state index in [1.165, 1.54) is 0 Å². The molecule has 2 fully saturated rings. The van der Waals surface area contributed by atoms with E-state index < -0.39 is 12.2 Å². The smallest absolute Gasteiger partial charge is 0.306 e. The summed E-state index contributed by atoms with van der Waals surface area (Å²) >= 11 is 0. The molecule has 0 aromatic carbocycles. The number of cyclic esters (lactones) is 1. The second kappa shape index (κ2) is 9.80. The van der Waals surface area contributed by atoms with Crippen LogP contribution >= 0.6 is 0 Å². The summed E-state index contributed by atoms with van der Waals surface area (Å²) in [5.74, 6) is 0.313. The predicted octanol–water partition coefficient (Wildman–Crippen LogP) is 3.30. The number of allylic oxidation sites excluding steroid dienone is 3. The molecule has 0 amide bonds. The van der Waals surface area contributed by atoms with Gasteiger partial charge in [0.2, 0.25) is 0 Å². The van der Waals surface area contributed by atoms with Crippen LogP contribution in [0.15, 0.2) is 36.5 Å². The minimum absolute atomic E-state index is 0.0247. The van der Waals surface area contributed by atoms with Crippen LogP contribution in [0.25, 0.3) is 0 Å². The molecule has 1 saturated carbocycles. The van der Waals surface area contributed by atoms with Crippen LogP contribution in [0.5, 0.6) is 0 Å². The van der Waals surface area contributed by atoms with Gasteiger partial charge in [-0.15, -0.1) is 0 Å². The number of carbonyl (C=O) groups excluding carboxylic acids is 1. The van der Waals surface area contributed by atoms with E-state index in [1.807, 2.05) is 12.2 Å². The maximum absolute atomic E-state index is 11.3. The van der Waals surface area contributed by atoms with Gasteiger partial charge in [0.1, 0.15) is 6.10 Å². The summed E-state index contributed by atoms with van der Waals surface area (Å²) in [4.78, 5) is 11.3. The van der Waals surface area contributed by atoms with Gasteiger partial charge >= 0.3 is 5.97 Å². The monoisotopic (exact) mass is 334 g/mol. The first kappa shape index (κ1) is 18.9. The number of carbonyl (C=O) groups is 1. The average molecular weight is 334 g/mol. The van der Waals surface area contributed by atoms with E-state index in [9.17, 15) is 15.0 Å². The van der Waals surface area contributed by atoms with Crippen LogP contribution in [-0.2, 0) is 9.53 Å². The fourth-order valence-corrected chi connectivity index (χ4v) is 3.23. The molecular formula is C20H30O4. The van der Waals surface area contributed by atoms with E-state index in [0.29, 0.717) is 12.8 Å². The molecule has 0 unspecified atom stereocenters. The normalized spacial score (nSPS) is 30.1. The van der Waals surface area contributed by atoms with E-state index in [0.717, 1.165) is 32.1 Å². The molecule has 2 rings (SSSR count). The standard InChI is InChI=1S/C20H30O4/c1-2-3-4-5-6-7-9-15(21)12-13-18(22)16-14-17(16)19-10-8-11-20(23)24-19/h3-4,6-7,12-13,15-19,21-22H,2,5,8-11,14H2,1H3/b4-3+,7-6+,13-12+/t15-,16-,17-,18-,19+/m0/s1. The molecule has 24 heavy (non-hydrogen) atoms. The van der Waals surface area contributed by atoms with Gasteiger partial charge in [-0.25, -0.2) is 0 Å². The molecule has 2 aliphatic rings. The molecule has 1 aliphatic heterocycles. The highest BCUT2D eigenvalue weighted by atomic mass is 16.5. The van der Waals surface area contributed by atoms with Crippen molar-refractivity contribution in [1.82, 2.24) is 0 Å². The highest BCUT2D eigenvalue weighted by Crippen LogP contribution is 2.47. The number of aliphatic hydroxyl groups is 2. The lowest BCUT2D eigenvalue weighted by Gasteiger charge is -2.22. The van der Waals surface area contributed by atoms with E-state index in [-0.39, 0.29) is 23.9 Å². The third kappa shape index (κ3) is 6.25. The number of esters is 1. The maximum atomic E-state index is 11.3. The third-order valence-electron chi connectivity index (χ3n) is 4.71. The van der Waals surface area contributed by atoms with Crippen molar-refractivity contribution >= 4 is 5.97 Å². The van der Waals surface area contributed by atoms with Crippen LogP contribution in [-0.4, -0.2) is 34.5 Å². The Hall–Kier alpha value is -1.39. The second-order valence-corrected chi connectivity index (χ2v) is 6.75. The van der Waals surface area contributed by atoms with Gasteiger partial charge in [0.05, 0.1) is 12.2 Å². The van der Waals surface area contributed by atoms with Crippen LogP contribution in [0.1, 0.15) is 51.9 Å². The molecule has 4 nitrogen and oxygen atoms in total. The molecule has 0 spiro atoms. The largest absolute Gasteiger partial charge is 0.462 e. The molecule has 1 heterocycles. The van der Waals surface area contributed by atoms with Crippen molar-refractivity contribution in [2.24, 2.45) is 11.8 Å². The van der Waals surface area contributed by atoms with Crippen molar-refractivity contribution in [1.29, 1.82) is 0 Å². The SMILES string of the molecule is CC/C=C/C/C=C/C[C@H](O)/C=C/[C@H](O)[C@H]1C[C@@H]1[C@H]1CCCC(=O)O1. The number of rotatable bonds is 9. The first-order valence-electron chi connectivity index (χ1n) is 9.15. The Kier molecular flexibility index (Phi) is 7.73. The lowest BCUT2D eigenvalue weighted by Crippen LogP contribution is -2.27. The molecule has 0 aromatic heterocycles. The van der Waals surface area contributed by atoms with Gasteiger partial charge in [0.25, 0.3) is 0 Å². The van der Waals surface area contributed by atoms with E-state index in [1.54, 1.807) is 12.2 Å². The molecule has 0 bridgehead atoms. The summed E-state index contributed by atoms with van der Waals surface area (Å²) < 4.78 is 5.37. The summed E-state index contributed by atoms with van der Waals surface area (Å²) in [6.07, 6.45) is 16.1. The van der Waals surface area contributed by atoms with Crippen LogP contribution < -0.4 is 0 Å². The Morgan fingerprint density at radius 1 is 1.21 bits per heavy atom. The Balaban J connectivity index is 1.66. The fourth-order valence-electron chi connectivity index (χ4n) is 3.23. The third-order valence-corrected chi connectivity index (χ3v) is 4.71. The first-order chi connectivity index (χ1) is 11.6. The summed E-state index contributed by atoms with van der Waals surface area (Å²) in [7, 11) is 0. The highest BCUT2D eigenvalue weighted by molar-refractivity contribution is 5.70. The zero-order valence-corrected chi connectivity index (χ0v) is 14.5. The average Bonchev–Trinajstić information content (AvgIpc) is 3.36. The van der Waals surface area contributed by atoms with Crippen LogP contribution in [0, 0.1) is 11.8 Å². The molecule has 2 N–H and O–H groups in total. The highest BCUT2D eigenvalue weighted by Gasteiger charge is 2.48. The molecule has 4 heteroatoms. The molecule has 134 valence electrons. The van der Waals surface area contributed by atoms with Crippen molar-refractivity contribution in [3.05, 3.63) is 36.5 Å². The van der Waals surface area contributed by atoms with E-state index in [4.69, 9.17) is 4.74 Å². The first-order valence-corrected chi connectivity index (χ1v) is 9.15. The topological polar surface area (TPSA) is 66.8 Å². The Morgan fingerprint density at radius 3 is 2.75 bits per heavy atom. The van der Waals surface area contributed by atoms with Gasteiger partial charge in [-0.05, 0) is 44.4 Å². The number of hydrogen-bond acceptors (Lipinski definition) is 4. The lowest BCUT2D eigenvalue weighted by atomic mass is 10.0. The van der Waals surface area contributed by atoms with Crippen molar-refractivity contribution in [3.63, 3.8) is 0 Å². The minimum Gasteiger partial charge on any atom is -0.462 e. The van der Waals surface area contributed by atoms with E-state index in [2.05, 4.69) is 19.1 Å². The molecular weight excluding hydrogens is 304 g/mol. The fraction of sp³-hybridized carbons (Fsp3) is 0.650. The summed E-state index contributed by atoms with van der Waals surface area (Å²) in [6.45, 7) is 2.10. The number of ether oxygens (including phenoxy) is 1. The Labute approximate surface area is 144 Å². The van der Waals surface area contributed by atoms with Crippen molar-refractivity contribution in [3.8, 4) is 0 Å². The van der Waals surface area contributed by atoms with Crippen molar-refractivity contribution in [2.75, 3.05) is 0 Å². The van der Waals surface area contributed by atoms with Crippen molar-refractivity contribution < 1.29 is 19.7 Å². The summed E-state index contributed by atoms with van der Waals surface area (Å²) in [5.41, 5.74) is 0. The van der Waals surface area contributed by atoms with Gasteiger partial charge in [-0.2, -0.15) is 0 Å². The van der Waals surface area contributed by atoms with Crippen LogP contribution in [0.3, 0.4) is 0 Å². The minimum atomic E-state index is -0.573. The lowest BCUT2D eigenvalue weighted by molar-refractivity contribution is -0.155. The van der Waals surface area contributed by atoms with Gasteiger partial charge in [0.15, 0.2) is 0 Å². The maximum Gasteiger partial charge on any atom is 0.306 e. The summed E-state index contributed by atoms with van der Waals surface area (Å²) in [5, 5.41) is 20.1. The second-order valence-electron chi connectivity index (χ2n) is 6.75. The van der Waals surface area contributed by atoms with Gasteiger partial charge < -0.3 is 14.9 Å². The van der Waals surface area contributed by atoms with Gasteiger partial charge in [-0.1, -0.05) is 43.4 Å². The van der Waals surface area contributed by atoms with Crippen molar-refractivity contribution in [2.45, 2.75) is 70.2 Å². The molecule has 0 aromatic rings.